The molecule has 1 radical (unpaired) electrons. The van der Waals surface area contributed by atoms with Gasteiger partial charge >= 0.3 is 0 Å². The number of hydrogen-bond donors (Lipinski definition) is 0. The standard InChI is InChI=1S/C6H11S/c1-6(2)3-5(6)4-7/h5H,3-4H2,1-2H3. The van der Waals surface area contributed by atoms with E-state index in [-0.39, 0.29) is 0 Å². The van der Waals surface area contributed by atoms with Crippen LogP contribution in [0, 0.1) is 11.3 Å². The first-order valence-corrected chi connectivity index (χ1v) is 3.32. The van der Waals surface area contributed by atoms with Crippen LogP contribution in [0.4, 0.5) is 0 Å². The molecule has 0 saturated heterocycles. The molecule has 0 heterocycles. The zero-order valence-corrected chi connectivity index (χ0v) is 5.72. The largest absolute Gasteiger partial charge is 0.0938 e. The van der Waals surface area contributed by atoms with Gasteiger partial charge in [0.1, 0.15) is 0 Å². The van der Waals surface area contributed by atoms with Gasteiger partial charge in [-0.2, -0.15) is 0 Å². The molecule has 1 rings (SSSR count). The Bertz CT molecular complexity index is 76.2. The van der Waals surface area contributed by atoms with Crippen molar-refractivity contribution in [3.05, 3.63) is 0 Å². The maximum absolute atomic E-state index is 4.89. The molecule has 1 aliphatic rings. The van der Waals surface area contributed by atoms with Gasteiger partial charge in [0, 0.05) is 5.75 Å². The van der Waals surface area contributed by atoms with E-state index in [1.54, 1.807) is 0 Å². The predicted molar refractivity (Wildman–Crippen MR) is 34.3 cm³/mol. The fourth-order valence-electron chi connectivity index (χ4n) is 0.861. The zero-order valence-electron chi connectivity index (χ0n) is 4.90. The van der Waals surface area contributed by atoms with Crippen LogP contribution in [0.2, 0.25) is 0 Å². The van der Waals surface area contributed by atoms with Crippen LogP contribution in [0.15, 0.2) is 0 Å². The average Bonchev–Trinajstić information content (AvgIpc) is 2.13. The highest BCUT2D eigenvalue weighted by Gasteiger charge is 2.44. The van der Waals surface area contributed by atoms with Crippen molar-refractivity contribution in [1.29, 1.82) is 0 Å². The Kier molecular flexibility index (Phi) is 1.11. The SMILES string of the molecule is CC1(C)CC1C[S]. The summed E-state index contributed by atoms with van der Waals surface area (Å²) >= 11 is 4.89. The van der Waals surface area contributed by atoms with Gasteiger partial charge in [0.05, 0.1) is 0 Å². The van der Waals surface area contributed by atoms with Crippen molar-refractivity contribution in [2.75, 3.05) is 5.75 Å². The lowest BCUT2D eigenvalue weighted by Gasteiger charge is -1.94. The Labute approximate surface area is 50.7 Å². The van der Waals surface area contributed by atoms with Crippen molar-refractivity contribution in [3.8, 4) is 0 Å². The van der Waals surface area contributed by atoms with Crippen molar-refractivity contribution in [2.24, 2.45) is 11.3 Å². The lowest BCUT2D eigenvalue weighted by atomic mass is 10.1. The molecule has 0 aliphatic heterocycles. The quantitative estimate of drug-likeness (QED) is 0.491. The molecule has 1 aliphatic carbocycles. The molecule has 1 atom stereocenters. The van der Waals surface area contributed by atoms with E-state index in [2.05, 4.69) is 13.8 Å². The molecule has 0 N–H and O–H groups in total. The minimum atomic E-state index is 0.613. The van der Waals surface area contributed by atoms with E-state index >= 15 is 0 Å². The highest BCUT2D eigenvalue weighted by Crippen LogP contribution is 2.51. The van der Waals surface area contributed by atoms with Gasteiger partial charge in [-0.15, -0.1) is 0 Å². The topological polar surface area (TPSA) is 0 Å². The molecule has 0 spiro atoms. The van der Waals surface area contributed by atoms with Gasteiger partial charge in [-0.1, -0.05) is 26.5 Å². The first-order valence-electron chi connectivity index (χ1n) is 2.75. The molecular weight excluding hydrogens is 104 g/mol. The fraction of sp³-hybridized carbons (Fsp3) is 1.00. The Morgan fingerprint density at radius 1 is 1.71 bits per heavy atom. The van der Waals surface area contributed by atoms with Gasteiger partial charge in [-0.3, -0.25) is 0 Å². The van der Waals surface area contributed by atoms with E-state index in [1.807, 2.05) is 0 Å². The van der Waals surface area contributed by atoms with Gasteiger partial charge in [-0.25, -0.2) is 0 Å². The third kappa shape index (κ3) is 0.933. The molecule has 0 aromatic rings. The van der Waals surface area contributed by atoms with Crippen LogP contribution in [0.25, 0.3) is 0 Å². The van der Waals surface area contributed by atoms with E-state index in [1.165, 1.54) is 6.42 Å². The van der Waals surface area contributed by atoms with Crippen LogP contribution in [0.5, 0.6) is 0 Å². The Hall–Kier alpha value is 0.350. The summed E-state index contributed by atoms with van der Waals surface area (Å²) in [6, 6.07) is 0. The van der Waals surface area contributed by atoms with E-state index in [9.17, 15) is 0 Å². The molecule has 0 nitrogen and oxygen atoms in total. The molecule has 1 saturated carbocycles. The summed E-state index contributed by atoms with van der Waals surface area (Å²) in [7, 11) is 0. The first kappa shape index (κ1) is 5.49. The summed E-state index contributed by atoms with van der Waals surface area (Å²) in [5, 5.41) is 0. The average molecular weight is 115 g/mol. The second-order valence-corrected chi connectivity index (χ2v) is 3.39. The molecule has 0 aromatic carbocycles. The number of rotatable bonds is 1. The monoisotopic (exact) mass is 115 g/mol. The molecule has 1 unspecified atom stereocenters. The molecule has 41 valence electrons. The zero-order chi connectivity index (χ0) is 5.49. The van der Waals surface area contributed by atoms with E-state index in [0.717, 1.165) is 11.7 Å². The van der Waals surface area contributed by atoms with Crippen LogP contribution in [0.1, 0.15) is 20.3 Å². The lowest BCUT2D eigenvalue weighted by molar-refractivity contribution is 0.590. The fourth-order valence-corrected chi connectivity index (χ4v) is 1.43. The van der Waals surface area contributed by atoms with E-state index < -0.39 is 0 Å². The van der Waals surface area contributed by atoms with Crippen molar-refractivity contribution in [2.45, 2.75) is 20.3 Å². The third-order valence-corrected chi connectivity index (χ3v) is 2.32. The van der Waals surface area contributed by atoms with E-state index in [4.69, 9.17) is 12.6 Å². The summed E-state index contributed by atoms with van der Waals surface area (Å²) in [6.07, 6.45) is 1.36. The molecule has 1 fully saturated rings. The first-order chi connectivity index (χ1) is 3.17. The van der Waals surface area contributed by atoms with Gasteiger partial charge in [-0.05, 0) is 17.8 Å². The normalized spacial score (nSPS) is 35.6. The van der Waals surface area contributed by atoms with Crippen molar-refractivity contribution in [1.82, 2.24) is 0 Å². The Morgan fingerprint density at radius 3 is 2.14 bits per heavy atom. The Balaban J connectivity index is 2.30. The molecule has 0 bridgehead atoms. The van der Waals surface area contributed by atoms with Gasteiger partial charge in [0.2, 0.25) is 0 Å². The molecule has 0 amide bonds. The molecule has 0 aromatic heterocycles. The van der Waals surface area contributed by atoms with Crippen molar-refractivity contribution in [3.63, 3.8) is 0 Å². The van der Waals surface area contributed by atoms with Crippen LogP contribution in [-0.4, -0.2) is 5.75 Å². The van der Waals surface area contributed by atoms with Crippen molar-refractivity contribution < 1.29 is 0 Å². The van der Waals surface area contributed by atoms with Gasteiger partial charge in [0.15, 0.2) is 0 Å². The van der Waals surface area contributed by atoms with Gasteiger partial charge in [0.25, 0.3) is 0 Å². The Morgan fingerprint density at radius 2 is 2.14 bits per heavy atom. The third-order valence-electron chi connectivity index (χ3n) is 1.92. The minimum absolute atomic E-state index is 0.613. The summed E-state index contributed by atoms with van der Waals surface area (Å²) < 4.78 is 0. The summed E-state index contributed by atoms with van der Waals surface area (Å²) in [5.74, 6) is 1.83. The summed E-state index contributed by atoms with van der Waals surface area (Å²) in [6.45, 7) is 4.56. The summed E-state index contributed by atoms with van der Waals surface area (Å²) in [4.78, 5) is 0. The highest BCUT2D eigenvalue weighted by molar-refractivity contribution is 7.80. The maximum Gasteiger partial charge on any atom is 0.00706 e. The highest BCUT2D eigenvalue weighted by atomic mass is 32.1. The minimum Gasteiger partial charge on any atom is -0.0938 e. The molecule has 7 heavy (non-hydrogen) atoms. The van der Waals surface area contributed by atoms with Crippen LogP contribution in [-0.2, 0) is 0 Å². The second-order valence-electron chi connectivity index (χ2n) is 3.06. The predicted octanol–water partition coefficient (Wildman–Crippen LogP) is 2.23. The molecule has 1 heteroatoms. The maximum atomic E-state index is 4.89. The van der Waals surface area contributed by atoms with E-state index in [0.29, 0.717) is 5.41 Å². The van der Waals surface area contributed by atoms with Crippen LogP contribution in [0.3, 0.4) is 0 Å². The number of hydrogen-bond acceptors (Lipinski definition) is 0. The summed E-state index contributed by atoms with van der Waals surface area (Å²) in [5.41, 5.74) is 0.613. The lowest BCUT2D eigenvalue weighted by Crippen LogP contribution is -1.89. The van der Waals surface area contributed by atoms with Crippen molar-refractivity contribution >= 4 is 12.6 Å². The van der Waals surface area contributed by atoms with Crippen LogP contribution < -0.4 is 0 Å². The second kappa shape index (κ2) is 1.41. The van der Waals surface area contributed by atoms with Crippen LogP contribution >= 0.6 is 12.6 Å². The molecular formula is C6H11S. The van der Waals surface area contributed by atoms with Gasteiger partial charge < -0.3 is 0 Å². The smallest absolute Gasteiger partial charge is 0.00706 e.